The Kier molecular flexibility index (Phi) is 4.04. The van der Waals surface area contributed by atoms with Gasteiger partial charge in [0.1, 0.15) is 0 Å². The fraction of sp³-hybridized carbons (Fsp3) is 0.294. The third-order valence-electron chi connectivity index (χ3n) is 3.31. The summed E-state index contributed by atoms with van der Waals surface area (Å²) in [5.74, 6) is 0.981. The van der Waals surface area contributed by atoms with Gasteiger partial charge in [0.25, 0.3) is 10.0 Å². The Labute approximate surface area is 141 Å². The van der Waals surface area contributed by atoms with Crippen LogP contribution in [-0.4, -0.2) is 20.7 Å². The van der Waals surface area contributed by atoms with E-state index in [0.29, 0.717) is 17.2 Å². The molecule has 0 aromatic heterocycles. The maximum Gasteiger partial charge on any atom is 0.262 e. The molecule has 0 atom stereocenters. The molecule has 0 saturated carbocycles. The van der Waals surface area contributed by atoms with Gasteiger partial charge >= 0.3 is 0 Å². The van der Waals surface area contributed by atoms with E-state index in [9.17, 15) is 8.42 Å². The van der Waals surface area contributed by atoms with E-state index in [1.807, 2.05) is 12.1 Å². The molecule has 128 valence electrons. The number of fused-ring (bicyclic) bond motifs is 1. The van der Waals surface area contributed by atoms with Crippen LogP contribution in [0.15, 0.2) is 47.4 Å². The molecule has 1 heterocycles. The number of nitrogens with one attached hydrogen (secondary N) is 2. The summed E-state index contributed by atoms with van der Waals surface area (Å²) in [4.78, 5) is 0.128. The number of anilines is 2. The number of benzene rings is 2. The molecule has 2 aromatic carbocycles. The normalized spacial score (nSPS) is 13.6. The van der Waals surface area contributed by atoms with Gasteiger partial charge in [-0.2, -0.15) is 0 Å². The highest BCUT2D eigenvalue weighted by Crippen LogP contribution is 2.34. The SMILES string of the molecule is CC(C)(C)Nc1ccc(NS(=O)(=O)c2ccc3c(c2)OCO3)cc1. The molecule has 0 aliphatic carbocycles. The van der Waals surface area contributed by atoms with Crippen molar-refractivity contribution < 1.29 is 17.9 Å². The van der Waals surface area contributed by atoms with Crippen LogP contribution in [0.1, 0.15) is 20.8 Å². The summed E-state index contributed by atoms with van der Waals surface area (Å²) in [5, 5.41) is 3.32. The lowest BCUT2D eigenvalue weighted by Crippen LogP contribution is -2.25. The first kappa shape index (κ1) is 16.4. The number of rotatable bonds is 4. The van der Waals surface area contributed by atoms with Crippen molar-refractivity contribution in [1.29, 1.82) is 0 Å². The molecule has 0 spiro atoms. The van der Waals surface area contributed by atoms with Crippen molar-refractivity contribution in [2.75, 3.05) is 16.8 Å². The van der Waals surface area contributed by atoms with Gasteiger partial charge in [0.15, 0.2) is 11.5 Å². The fourth-order valence-corrected chi connectivity index (χ4v) is 3.39. The standard InChI is InChI=1S/C17H20N2O4S/c1-17(2,3)18-12-4-6-13(7-5-12)19-24(20,21)14-8-9-15-16(10-14)23-11-22-15/h4-10,18-19H,11H2,1-3H3. The van der Waals surface area contributed by atoms with Gasteiger partial charge in [-0.3, -0.25) is 4.72 Å². The fourth-order valence-electron chi connectivity index (χ4n) is 2.31. The van der Waals surface area contributed by atoms with E-state index in [2.05, 4.69) is 30.8 Å². The van der Waals surface area contributed by atoms with Crippen LogP contribution in [0.3, 0.4) is 0 Å². The van der Waals surface area contributed by atoms with Gasteiger partial charge < -0.3 is 14.8 Å². The molecule has 2 N–H and O–H groups in total. The van der Waals surface area contributed by atoms with E-state index in [1.54, 1.807) is 18.2 Å². The highest BCUT2D eigenvalue weighted by Gasteiger charge is 2.20. The first-order valence-electron chi connectivity index (χ1n) is 7.54. The molecular formula is C17H20N2O4S. The van der Waals surface area contributed by atoms with E-state index in [0.717, 1.165) is 5.69 Å². The average molecular weight is 348 g/mol. The number of ether oxygens (including phenoxy) is 2. The lowest BCUT2D eigenvalue weighted by atomic mass is 10.1. The van der Waals surface area contributed by atoms with Gasteiger partial charge in [-0.25, -0.2) is 8.42 Å². The molecule has 0 fully saturated rings. The zero-order valence-electron chi connectivity index (χ0n) is 13.8. The molecule has 1 aliphatic rings. The minimum Gasteiger partial charge on any atom is -0.454 e. The van der Waals surface area contributed by atoms with Crippen LogP contribution < -0.4 is 19.5 Å². The number of sulfonamides is 1. The molecule has 0 radical (unpaired) electrons. The Morgan fingerprint density at radius 2 is 1.54 bits per heavy atom. The summed E-state index contributed by atoms with van der Waals surface area (Å²) in [6, 6.07) is 11.7. The van der Waals surface area contributed by atoms with Crippen LogP contribution in [0.4, 0.5) is 11.4 Å². The van der Waals surface area contributed by atoms with Crippen molar-refractivity contribution in [2.45, 2.75) is 31.2 Å². The minimum absolute atomic E-state index is 0.0620. The van der Waals surface area contributed by atoms with Crippen LogP contribution in [-0.2, 0) is 10.0 Å². The van der Waals surface area contributed by atoms with Crippen molar-refractivity contribution in [3.63, 3.8) is 0 Å². The molecule has 7 heteroatoms. The second kappa shape index (κ2) is 5.90. The monoisotopic (exact) mass is 348 g/mol. The lowest BCUT2D eigenvalue weighted by Gasteiger charge is -2.22. The highest BCUT2D eigenvalue weighted by molar-refractivity contribution is 7.92. The molecule has 2 aromatic rings. The third-order valence-corrected chi connectivity index (χ3v) is 4.69. The van der Waals surface area contributed by atoms with E-state index in [-0.39, 0.29) is 17.2 Å². The molecule has 0 unspecified atom stereocenters. The molecule has 6 nitrogen and oxygen atoms in total. The first-order chi connectivity index (χ1) is 11.2. The summed E-state index contributed by atoms with van der Waals surface area (Å²) in [7, 11) is -3.69. The van der Waals surface area contributed by atoms with Crippen molar-refractivity contribution in [2.24, 2.45) is 0 Å². The maximum absolute atomic E-state index is 12.5. The highest BCUT2D eigenvalue weighted by atomic mass is 32.2. The van der Waals surface area contributed by atoms with Crippen molar-refractivity contribution >= 4 is 21.4 Å². The smallest absolute Gasteiger partial charge is 0.262 e. The van der Waals surface area contributed by atoms with Gasteiger partial charge in [0.05, 0.1) is 4.90 Å². The predicted octanol–water partition coefficient (Wildman–Crippen LogP) is 3.43. The van der Waals surface area contributed by atoms with E-state index >= 15 is 0 Å². The van der Waals surface area contributed by atoms with Crippen molar-refractivity contribution in [3.05, 3.63) is 42.5 Å². The number of hydrogen-bond acceptors (Lipinski definition) is 5. The predicted molar refractivity (Wildman–Crippen MR) is 93.2 cm³/mol. The average Bonchev–Trinajstić information content (AvgIpc) is 2.95. The zero-order chi connectivity index (χ0) is 17.4. The molecule has 0 amide bonds. The van der Waals surface area contributed by atoms with E-state index in [4.69, 9.17) is 9.47 Å². The zero-order valence-corrected chi connectivity index (χ0v) is 14.6. The lowest BCUT2D eigenvalue weighted by molar-refractivity contribution is 0.174. The van der Waals surface area contributed by atoms with Gasteiger partial charge in [-0.15, -0.1) is 0 Å². The Morgan fingerprint density at radius 3 is 2.21 bits per heavy atom. The van der Waals surface area contributed by atoms with Crippen LogP contribution >= 0.6 is 0 Å². The Morgan fingerprint density at radius 1 is 0.917 bits per heavy atom. The summed E-state index contributed by atoms with van der Waals surface area (Å²) in [6.45, 7) is 6.28. The largest absolute Gasteiger partial charge is 0.454 e. The quantitative estimate of drug-likeness (QED) is 0.885. The molecule has 0 saturated heterocycles. The van der Waals surface area contributed by atoms with Gasteiger partial charge in [-0.1, -0.05) is 0 Å². The van der Waals surface area contributed by atoms with Crippen molar-refractivity contribution in [3.8, 4) is 11.5 Å². The second-order valence-corrected chi connectivity index (χ2v) is 8.26. The Balaban J connectivity index is 1.77. The Bertz CT molecular complexity index is 840. The van der Waals surface area contributed by atoms with Crippen LogP contribution in [0.2, 0.25) is 0 Å². The summed E-state index contributed by atoms with van der Waals surface area (Å²) in [6.07, 6.45) is 0. The Hall–Kier alpha value is -2.41. The summed E-state index contributed by atoms with van der Waals surface area (Å²) in [5.41, 5.74) is 1.36. The summed E-state index contributed by atoms with van der Waals surface area (Å²) < 4.78 is 38.0. The first-order valence-corrected chi connectivity index (χ1v) is 9.02. The summed E-state index contributed by atoms with van der Waals surface area (Å²) >= 11 is 0. The van der Waals surface area contributed by atoms with Crippen LogP contribution in [0.25, 0.3) is 0 Å². The van der Waals surface area contributed by atoms with E-state index < -0.39 is 10.0 Å². The van der Waals surface area contributed by atoms with Gasteiger partial charge in [-0.05, 0) is 57.2 Å². The molecule has 1 aliphatic heterocycles. The van der Waals surface area contributed by atoms with Gasteiger partial charge in [0.2, 0.25) is 6.79 Å². The topological polar surface area (TPSA) is 76.7 Å². The van der Waals surface area contributed by atoms with Crippen molar-refractivity contribution in [1.82, 2.24) is 0 Å². The van der Waals surface area contributed by atoms with Gasteiger partial charge in [0, 0.05) is 23.0 Å². The van der Waals surface area contributed by atoms with E-state index in [1.165, 1.54) is 12.1 Å². The third kappa shape index (κ3) is 3.73. The van der Waals surface area contributed by atoms with Crippen LogP contribution in [0.5, 0.6) is 11.5 Å². The molecule has 0 bridgehead atoms. The maximum atomic E-state index is 12.5. The second-order valence-electron chi connectivity index (χ2n) is 6.57. The molecular weight excluding hydrogens is 328 g/mol. The van der Waals surface area contributed by atoms with Crippen LogP contribution in [0, 0.1) is 0 Å². The molecule has 24 heavy (non-hydrogen) atoms. The molecule has 3 rings (SSSR count). The minimum atomic E-state index is -3.69. The number of hydrogen-bond donors (Lipinski definition) is 2.